The Morgan fingerprint density at radius 3 is 2.86 bits per heavy atom. The van der Waals surface area contributed by atoms with Gasteiger partial charge in [-0.3, -0.25) is 0 Å². The molecule has 0 aliphatic carbocycles. The summed E-state index contributed by atoms with van der Waals surface area (Å²) in [6.45, 7) is 8.04. The summed E-state index contributed by atoms with van der Waals surface area (Å²) in [5, 5.41) is 0. The molecule has 0 spiro atoms. The van der Waals surface area contributed by atoms with Crippen LogP contribution in [0.5, 0.6) is 0 Å². The van der Waals surface area contributed by atoms with Crippen LogP contribution in [0.2, 0.25) is 0 Å². The lowest BCUT2D eigenvalue weighted by molar-refractivity contribution is 0.0532. The molecule has 3 heteroatoms. The summed E-state index contributed by atoms with van der Waals surface area (Å²) in [5.74, 6) is -0.231. The molecule has 14 heavy (non-hydrogen) atoms. The maximum atomic E-state index is 11.3. The molecule has 1 aromatic rings. The average Bonchev–Trinajstić information content (AvgIpc) is 2.52. The van der Waals surface area contributed by atoms with Gasteiger partial charge in [0.2, 0.25) is 0 Å². The van der Waals surface area contributed by atoms with Crippen LogP contribution in [0.4, 0.5) is 0 Å². The summed E-state index contributed by atoms with van der Waals surface area (Å²) in [4.78, 5) is 13.1. The molecule has 1 aromatic heterocycles. The lowest BCUT2D eigenvalue weighted by atomic mass is 10.2. The van der Waals surface area contributed by atoms with Crippen molar-refractivity contribution in [1.82, 2.24) is 0 Å². The maximum Gasteiger partial charge on any atom is 0.348 e. The van der Waals surface area contributed by atoms with Gasteiger partial charge in [-0.2, -0.15) is 0 Å². The van der Waals surface area contributed by atoms with Gasteiger partial charge in [0, 0.05) is 11.3 Å². The monoisotopic (exact) mass is 210 g/mol. The summed E-state index contributed by atoms with van der Waals surface area (Å²) in [5.41, 5.74) is 1.10. The first-order valence-corrected chi connectivity index (χ1v) is 5.35. The SMILES string of the molecule is C=C(C)Cc1ccc(C(=O)OCC)s1. The van der Waals surface area contributed by atoms with E-state index in [0.717, 1.165) is 16.9 Å². The molecular weight excluding hydrogens is 196 g/mol. The second-order valence-electron chi connectivity index (χ2n) is 3.12. The summed E-state index contributed by atoms with van der Waals surface area (Å²) in [6, 6.07) is 3.76. The van der Waals surface area contributed by atoms with Crippen LogP contribution >= 0.6 is 11.3 Å². The van der Waals surface area contributed by atoms with Crippen molar-refractivity contribution >= 4 is 17.3 Å². The number of hydrogen-bond acceptors (Lipinski definition) is 3. The van der Waals surface area contributed by atoms with Crippen molar-refractivity contribution < 1.29 is 9.53 Å². The van der Waals surface area contributed by atoms with Gasteiger partial charge in [-0.15, -0.1) is 11.3 Å². The highest BCUT2D eigenvalue weighted by Crippen LogP contribution is 2.19. The minimum Gasteiger partial charge on any atom is -0.462 e. The predicted molar refractivity (Wildman–Crippen MR) is 58.8 cm³/mol. The Labute approximate surface area is 88.2 Å². The van der Waals surface area contributed by atoms with E-state index in [2.05, 4.69) is 6.58 Å². The van der Waals surface area contributed by atoms with Crippen LogP contribution in [-0.2, 0) is 11.2 Å². The molecule has 0 saturated carbocycles. The van der Waals surface area contributed by atoms with Gasteiger partial charge in [0.1, 0.15) is 4.88 Å². The Hall–Kier alpha value is -1.09. The van der Waals surface area contributed by atoms with Crippen LogP contribution in [0.3, 0.4) is 0 Å². The molecule has 0 aliphatic heterocycles. The highest BCUT2D eigenvalue weighted by Gasteiger charge is 2.09. The van der Waals surface area contributed by atoms with Crippen molar-refractivity contribution in [3.05, 3.63) is 34.0 Å². The van der Waals surface area contributed by atoms with Crippen molar-refractivity contribution in [2.75, 3.05) is 6.61 Å². The van der Waals surface area contributed by atoms with Crippen LogP contribution < -0.4 is 0 Å². The van der Waals surface area contributed by atoms with E-state index < -0.39 is 0 Å². The van der Waals surface area contributed by atoms with E-state index in [9.17, 15) is 4.79 Å². The van der Waals surface area contributed by atoms with Crippen molar-refractivity contribution in [2.45, 2.75) is 20.3 Å². The van der Waals surface area contributed by atoms with Crippen LogP contribution in [0.25, 0.3) is 0 Å². The zero-order chi connectivity index (χ0) is 10.6. The van der Waals surface area contributed by atoms with E-state index in [1.807, 2.05) is 13.0 Å². The van der Waals surface area contributed by atoms with E-state index >= 15 is 0 Å². The number of ether oxygens (including phenoxy) is 1. The minimum absolute atomic E-state index is 0.231. The van der Waals surface area contributed by atoms with Gasteiger partial charge >= 0.3 is 5.97 Å². The first kappa shape index (κ1) is 11.0. The number of allylic oxidation sites excluding steroid dienone is 1. The molecule has 1 rings (SSSR count). The third-order valence-electron chi connectivity index (χ3n) is 1.61. The lowest BCUT2D eigenvalue weighted by Gasteiger charge is -1.97. The fourth-order valence-electron chi connectivity index (χ4n) is 1.08. The molecule has 0 unspecified atom stereocenters. The second-order valence-corrected chi connectivity index (χ2v) is 4.29. The highest BCUT2D eigenvalue weighted by atomic mass is 32.1. The fraction of sp³-hybridized carbons (Fsp3) is 0.364. The van der Waals surface area contributed by atoms with Gasteiger partial charge in [-0.05, 0) is 26.0 Å². The van der Waals surface area contributed by atoms with E-state index in [1.54, 1.807) is 13.0 Å². The normalized spacial score (nSPS) is 9.86. The van der Waals surface area contributed by atoms with Gasteiger partial charge in [0.25, 0.3) is 0 Å². The predicted octanol–water partition coefficient (Wildman–Crippen LogP) is 3.04. The van der Waals surface area contributed by atoms with Gasteiger partial charge in [-0.1, -0.05) is 12.2 Å². The number of hydrogen-bond donors (Lipinski definition) is 0. The zero-order valence-corrected chi connectivity index (χ0v) is 9.32. The topological polar surface area (TPSA) is 26.3 Å². The standard InChI is InChI=1S/C11H14O2S/c1-4-13-11(12)10-6-5-9(14-10)7-8(2)3/h5-6H,2,4,7H2,1,3H3. The van der Waals surface area contributed by atoms with Crippen LogP contribution in [0.15, 0.2) is 24.3 Å². The number of carbonyl (C=O) groups is 1. The largest absolute Gasteiger partial charge is 0.462 e. The molecule has 0 atom stereocenters. The Bertz CT molecular complexity index is 339. The molecule has 0 saturated heterocycles. The van der Waals surface area contributed by atoms with E-state index in [4.69, 9.17) is 4.74 Å². The Morgan fingerprint density at radius 2 is 2.29 bits per heavy atom. The van der Waals surface area contributed by atoms with Gasteiger partial charge < -0.3 is 4.74 Å². The van der Waals surface area contributed by atoms with Crippen molar-refractivity contribution in [3.8, 4) is 0 Å². The maximum absolute atomic E-state index is 11.3. The van der Waals surface area contributed by atoms with Crippen LogP contribution in [0.1, 0.15) is 28.4 Å². The first-order chi connectivity index (χ1) is 6.63. The zero-order valence-electron chi connectivity index (χ0n) is 8.50. The molecular formula is C11H14O2S. The average molecular weight is 210 g/mol. The van der Waals surface area contributed by atoms with Gasteiger partial charge in [0.15, 0.2) is 0 Å². The quantitative estimate of drug-likeness (QED) is 0.564. The number of carbonyl (C=O) groups excluding carboxylic acids is 1. The molecule has 0 N–H and O–H groups in total. The molecule has 0 aromatic carbocycles. The fourth-order valence-corrected chi connectivity index (χ4v) is 2.10. The second kappa shape index (κ2) is 4.96. The van der Waals surface area contributed by atoms with Gasteiger partial charge in [-0.25, -0.2) is 4.79 Å². The van der Waals surface area contributed by atoms with E-state index in [0.29, 0.717) is 11.5 Å². The summed E-state index contributed by atoms with van der Waals surface area (Å²) >= 11 is 1.47. The smallest absolute Gasteiger partial charge is 0.348 e. The van der Waals surface area contributed by atoms with Crippen LogP contribution in [-0.4, -0.2) is 12.6 Å². The molecule has 0 fully saturated rings. The molecule has 2 nitrogen and oxygen atoms in total. The number of esters is 1. The summed E-state index contributed by atoms with van der Waals surface area (Å²) in [6.07, 6.45) is 0.837. The van der Waals surface area contributed by atoms with E-state index in [-0.39, 0.29) is 5.97 Å². The third kappa shape index (κ3) is 3.00. The Morgan fingerprint density at radius 1 is 1.57 bits per heavy atom. The highest BCUT2D eigenvalue weighted by molar-refractivity contribution is 7.13. The lowest BCUT2D eigenvalue weighted by Crippen LogP contribution is -2.01. The van der Waals surface area contributed by atoms with Gasteiger partial charge in [0.05, 0.1) is 6.61 Å². The van der Waals surface area contributed by atoms with E-state index in [1.165, 1.54) is 11.3 Å². The molecule has 0 radical (unpaired) electrons. The Kier molecular flexibility index (Phi) is 3.89. The molecule has 76 valence electrons. The minimum atomic E-state index is -0.231. The molecule has 1 heterocycles. The summed E-state index contributed by atoms with van der Waals surface area (Å²) in [7, 11) is 0. The van der Waals surface area contributed by atoms with Crippen molar-refractivity contribution in [3.63, 3.8) is 0 Å². The number of thiophene rings is 1. The Balaban J connectivity index is 2.67. The first-order valence-electron chi connectivity index (χ1n) is 4.53. The molecule has 0 aliphatic rings. The molecule has 0 bridgehead atoms. The van der Waals surface area contributed by atoms with Crippen LogP contribution in [0, 0.1) is 0 Å². The summed E-state index contributed by atoms with van der Waals surface area (Å²) < 4.78 is 4.90. The third-order valence-corrected chi connectivity index (χ3v) is 2.68. The molecule has 0 amide bonds. The van der Waals surface area contributed by atoms with Crippen molar-refractivity contribution in [2.24, 2.45) is 0 Å². The number of rotatable bonds is 4. The van der Waals surface area contributed by atoms with Crippen molar-refractivity contribution in [1.29, 1.82) is 0 Å².